The van der Waals surface area contributed by atoms with Crippen molar-refractivity contribution in [2.75, 3.05) is 0 Å². The fourth-order valence-corrected chi connectivity index (χ4v) is 3.70. The van der Waals surface area contributed by atoms with E-state index in [0.29, 0.717) is 16.5 Å². The van der Waals surface area contributed by atoms with E-state index in [1.54, 1.807) is 12.1 Å². The fraction of sp³-hybridized carbons (Fsp3) is 0.0526. The number of furan rings is 1. The molecule has 0 unspecified atom stereocenters. The van der Waals surface area contributed by atoms with Gasteiger partial charge in [-0.2, -0.15) is 0 Å². The molecule has 0 aliphatic rings. The molecule has 0 aliphatic carbocycles. The summed E-state index contributed by atoms with van der Waals surface area (Å²) in [5.41, 5.74) is -0.402. The number of nitrogens with one attached hydrogen (secondary N) is 1. The van der Waals surface area contributed by atoms with Gasteiger partial charge in [0.15, 0.2) is 10.8 Å². The lowest BCUT2D eigenvalue weighted by Crippen LogP contribution is -2.22. The van der Waals surface area contributed by atoms with Crippen LogP contribution < -0.4 is 5.32 Å². The van der Waals surface area contributed by atoms with Gasteiger partial charge in [0, 0.05) is 12.1 Å². The van der Waals surface area contributed by atoms with Crippen LogP contribution in [0.25, 0.3) is 21.0 Å². The van der Waals surface area contributed by atoms with Crippen molar-refractivity contribution in [3.63, 3.8) is 0 Å². The van der Waals surface area contributed by atoms with Crippen molar-refractivity contribution in [3.05, 3.63) is 86.1 Å². The molecule has 150 valence electrons. The average molecular weight is 424 g/mol. The van der Waals surface area contributed by atoms with E-state index < -0.39 is 27.1 Å². The first kappa shape index (κ1) is 19.2. The van der Waals surface area contributed by atoms with Crippen molar-refractivity contribution >= 4 is 38.8 Å². The summed E-state index contributed by atoms with van der Waals surface area (Å²) >= 11 is 1.47. The number of fused-ring (bicyclic) bond motifs is 1. The largest absolute Gasteiger partial charge is 0.457 e. The molecule has 0 radical (unpaired) electrons. The van der Waals surface area contributed by atoms with Crippen molar-refractivity contribution < 1.29 is 19.1 Å². The van der Waals surface area contributed by atoms with Crippen LogP contribution in [-0.4, -0.2) is 20.7 Å². The van der Waals surface area contributed by atoms with Crippen LogP contribution in [0.15, 0.2) is 59.0 Å². The Balaban J connectivity index is 1.49. The number of thiazole rings is 1. The van der Waals surface area contributed by atoms with Gasteiger partial charge in [-0.1, -0.05) is 12.1 Å². The molecule has 0 fully saturated rings. The van der Waals surface area contributed by atoms with Crippen molar-refractivity contribution in [2.45, 2.75) is 6.54 Å². The Morgan fingerprint density at radius 1 is 1.03 bits per heavy atom. The van der Waals surface area contributed by atoms with E-state index in [4.69, 9.17) is 4.42 Å². The van der Waals surface area contributed by atoms with Gasteiger partial charge < -0.3 is 9.73 Å². The topological polar surface area (TPSA) is 141 Å². The Kier molecular flexibility index (Phi) is 4.94. The Hall–Kier alpha value is -4.12. The number of nitrogens with zero attached hydrogens (tertiary/aromatic N) is 3. The summed E-state index contributed by atoms with van der Waals surface area (Å²) in [5, 5.41) is 25.2. The maximum Gasteiger partial charge on any atom is 0.277 e. The van der Waals surface area contributed by atoms with Crippen molar-refractivity contribution in [3.8, 4) is 10.8 Å². The van der Waals surface area contributed by atoms with Crippen LogP contribution in [0.2, 0.25) is 0 Å². The lowest BCUT2D eigenvalue weighted by Gasteiger charge is -2.04. The number of nitro benzene ring substituents is 2. The van der Waals surface area contributed by atoms with Gasteiger partial charge in [-0.05, 0) is 24.3 Å². The van der Waals surface area contributed by atoms with Crippen molar-refractivity contribution in [1.82, 2.24) is 10.3 Å². The second kappa shape index (κ2) is 7.72. The molecule has 1 N–H and O–H groups in total. The summed E-state index contributed by atoms with van der Waals surface area (Å²) in [7, 11) is 0. The van der Waals surface area contributed by atoms with Gasteiger partial charge in [-0.25, -0.2) is 4.98 Å². The number of aromatic nitrogens is 1. The first-order chi connectivity index (χ1) is 14.4. The van der Waals surface area contributed by atoms with Crippen LogP contribution in [-0.2, 0) is 6.54 Å². The molecule has 10 nitrogen and oxygen atoms in total. The third-order valence-corrected chi connectivity index (χ3v) is 5.23. The summed E-state index contributed by atoms with van der Waals surface area (Å²) in [6.07, 6.45) is 0. The second-order valence-corrected chi connectivity index (χ2v) is 7.22. The predicted octanol–water partition coefficient (Wildman–Crippen LogP) is 4.30. The monoisotopic (exact) mass is 424 g/mol. The zero-order valence-electron chi connectivity index (χ0n) is 15.1. The lowest BCUT2D eigenvalue weighted by molar-refractivity contribution is -0.394. The standard InChI is InChI=1S/C19H12N4O6S/c24-18(11-7-12(22(25)26)9-13(8-11)23(27)28)20-10-14-5-6-16(29-14)19-21-15-3-1-2-4-17(15)30-19/h1-9H,10H2,(H,20,24). The molecule has 0 aliphatic heterocycles. The maximum absolute atomic E-state index is 12.4. The average Bonchev–Trinajstić information content (AvgIpc) is 3.38. The SMILES string of the molecule is O=C(NCc1ccc(-c2nc3ccccc3s2)o1)c1cc([N+](=O)[O-])cc([N+](=O)[O-])c1. The van der Waals surface area contributed by atoms with Crippen LogP contribution in [0.5, 0.6) is 0 Å². The third-order valence-electron chi connectivity index (χ3n) is 4.18. The fourth-order valence-electron chi connectivity index (χ4n) is 2.77. The highest BCUT2D eigenvalue weighted by Crippen LogP contribution is 2.31. The molecule has 0 bridgehead atoms. The van der Waals surface area contributed by atoms with Crippen LogP contribution in [0.4, 0.5) is 11.4 Å². The van der Waals surface area contributed by atoms with Crippen LogP contribution in [0.3, 0.4) is 0 Å². The lowest BCUT2D eigenvalue weighted by atomic mass is 10.1. The first-order valence-corrected chi connectivity index (χ1v) is 9.39. The predicted molar refractivity (Wildman–Crippen MR) is 108 cm³/mol. The maximum atomic E-state index is 12.4. The molecule has 11 heteroatoms. The summed E-state index contributed by atoms with van der Waals surface area (Å²) in [6.45, 7) is 0.000216. The summed E-state index contributed by atoms with van der Waals surface area (Å²) in [6, 6.07) is 13.9. The number of hydrogen-bond donors (Lipinski definition) is 1. The minimum Gasteiger partial charge on any atom is -0.457 e. The Morgan fingerprint density at radius 3 is 2.40 bits per heavy atom. The highest BCUT2D eigenvalue weighted by molar-refractivity contribution is 7.21. The number of hydrogen-bond acceptors (Lipinski definition) is 8. The Morgan fingerprint density at radius 2 is 1.73 bits per heavy atom. The summed E-state index contributed by atoms with van der Waals surface area (Å²) in [5.74, 6) is 0.295. The molecule has 1 amide bonds. The summed E-state index contributed by atoms with van der Waals surface area (Å²) in [4.78, 5) is 37.2. The van der Waals surface area contributed by atoms with Crippen LogP contribution >= 0.6 is 11.3 Å². The van der Waals surface area contributed by atoms with Crippen LogP contribution in [0, 0.1) is 20.2 Å². The quantitative estimate of drug-likeness (QED) is 0.359. The summed E-state index contributed by atoms with van der Waals surface area (Å²) < 4.78 is 6.75. The molecule has 4 rings (SSSR count). The number of amides is 1. The molecule has 2 heterocycles. The highest BCUT2D eigenvalue weighted by Gasteiger charge is 2.20. The molecule has 0 spiro atoms. The minimum absolute atomic E-state index is 0.000216. The number of carbonyl (C=O) groups is 1. The van der Waals surface area contributed by atoms with Gasteiger partial charge >= 0.3 is 0 Å². The molecular weight excluding hydrogens is 412 g/mol. The Bertz CT molecular complexity index is 1230. The second-order valence-electron chi connectivity index (χ2n) is 6.19. The number of carbonyl (C=O) groups excluding carboxylic acids is 1. The van der Waals surface area contributed by atoms with Gasteiger partial charge in [0.1, 0.15) is 5.76 Å². The van der Waals surface area contributed by atoms with Crippen molar-refractivity contribution in [1.29, 1.82) is 0 Å². The van der Waals surface area contributed by atoms with E-state index in [0.717, 1.165) is 28.4 Å². The minimum atomic E-state index is -0.791. The van der Waals surface area contributed by atoms with E-state index in [-0.39, 0.29) is 12.1 Å². The molecule has 0 saturated carbocycles. The molecule has 30 heavy (non-hydrogen) atoms. The third kappa shape index (κ3) is 3.86. The van der Waals surface area contributed by atoms with E-state index in [1.807, 2.05) is 24.3 Å². The van der Waals surface area contributed by atoms with E-state index >= 15 is 0 Å². The molecule has 0 atom stereocenters. The number of benzene rings is 2. The number of nitro groups is 2. The number of para-hydroxylation sites is 1. The molecular formula is C19H12N4O6S. The van der Waals surface area contributed by atoms with Gasteiger partial charge in [0.25, 0.3) is 17.3 Å². The Labute approximate surface area is 172 Å². The zero-order chi connectivity index (χ0) is 21.3. The number of rotatable bonds is 6. The molecule has 2 aromatic carbocycles. The molecule has 0 saturated heterocycles. The van der Waals surface area contributed by atoms with Gasteiger partial charge in [-0.15, -0.1) is 11.3 Å². The first-order valence-electron chi connectivity index (χ1n) is 8.57. The van der Waals surface area contributed by atoms with Gasteiger partial charge in [-0.3, -0.25) is 25.0 Å². The molecule has 4 aromatic rings. The van der Waals surface area contributed by atoms with E-state index in [1.165, 1.54) is 11.3 Å². The van der Waals surface area contributed by atoms with Gasteiger partial charge in [0.2, 0.25) is 0 Å². The van der Waals surface area contributed by atoms with Gasteiger partial charge in [0.05, 0.1) is 38.2 Å². The van der Waals surface area contributed by atoms with Crippen molar-refractivity contribution in [2.24, 2.45) is 0 Å². The normalized spacial score (nSPS) is 10.8. The smallest absolute Gasteiger partial charge is 0.277 e. The number of non-ortho nitro benzene ring substituents is 2. The van der Waals surface area contributed by atoms with E-state index in [9.17, 15) is 25.0 Å². The van der Waals surface area contributed by atoms with E-state index in [2.05, 4.69) is 10.3 Å². The molecule has 2 aromatic heterocycles. The van der Waals surface area contributed by atoms with Crippen LogP contribution in [0.1, 0.15) is 16.1 Å². The zero-order valence-corrected chi connectivity index (χ0v) is 15.9. The highest BCUT2D eigenvalue weighted by atomic mass is 32.1.